The van der Waals surface area contributed by atoms with E-state index in [1.807, 2.05) is 31.3 Å². The van der Waals surface area contributed by atoms with E-state index in [-0.39, 0.29) is 0 Å². The summed E-state index contributed by atoms with van der Waals surface area (Å²) in [5, 5.41) is 0. The Hall–Kier alpha value is -3.00. The highest BCUT2D eigenvalue weighted by Crippen LogP contribution is 2.32. The number of pyridine rings is 2. The second kappa shape index (κ2) is 5.65. The van der Waals surface area contributed by atoms with Crippen molar-refractivity contribution in [2.24, 2.45) is 0 Å². The van der Waals surface area contributed by atoms with Crippen molar-refractivity contribution < 1.29 is 0 Å². The smallest absolute Gasteiger partial charge is 0.0974 e. The summed E-state index contributed by atoms with van der Waals surface area (Å²) in [5.41, 5.74) is 7.49. The Balaban J connectivity index is 2.05. The number of nitrogens with zero attached hydrogens (tertiary/aromatic N) is 2. The van der Waals surface area contributed by atoms with E-state index in [0.29, 0.717) is 0 Å². The van der Waals surface area contributed by atoms with Crippen LogP contribution in [0, 0.1) is 6.92 Å². The molecule has 0 spiro atoms. The summed E-state index contributed by atoms with van der Waals surface area (Å²) in [6.07, 6.45) is 1.87. The van der Waals surface area contributed by atoms with Crippen molar-refractivity contribution in [3.05, 3.63) is 84.7 Å². The first-order chi connectivity index (χ1) is 11.3. The molecule has 0 atom stereocenters. The Morgan fingerprint density at radius 2 is 1.26 bits per heavy atom. The fraction of sp³-hybridized carbons (Fsp3) is 0.0476. The summed E-state index contributed by atoms with van der Waals surface area (Å²) in [4.78, 5) is 9.40. The van der Waals surface area contributed by atoms with Gasteiger partial charge in [-0.25, -0.2) is 0 Å². The molecule has 2 heteroatoms. The normalized spacial score (nSPS) is 10.8. The molecule has 0 aliphatic heterocycles. The van der Waals surface area contributed by atoms with E-state index in [2.05, 4.69) is 59.6 Å². The number of hydrogen-bond donors (Lipinski definition) is 0. The van der Waals surface area contributed by atoms with E-state index in [4.69, 9.17) is 4.98 Å². The first-order valence-electron chi connectivity index (χ1n) is 7.70. The van der Waals surface area contributed by atoms with Gasteiger partial charge in [0.25, 0.3) is 0 Å². The molecule has 2 heterocycles. The van der Waals surface area contributed by atoms with Crippen molar-refractivity contribution in [1.29, 1.82) is 0 Å². The van der Waals surface area contributed by atoms with Crippen LogP contribution in [0.3, 0.4) is 0 Å². The predicted molar refractivity (Wildman–Crippen MR) is 95.1 cm³/mol. The van der Waals surface area contributed by atoms with Crippen LogP contribution in [0.15, 0.2) is 79.0 Å². The van der Waals surface area contributed by atoms with Crippen LogP contribution < -0.4 is 0 Å². The van der Waals surface area contributed by atoms with Gasteiger partial charge in [0.2, 0.25) is 0 Å². The van der Waals surface area contributed by atoms with Gasteiger partial charge in [0, 0.05) is 23.0 Å². The van der Waals surface area contributed by atoms with Crippen LogP contribution >= 0.6 is 0 Å². The highest BCUT2D eigenvalue weighted by Gasteiger charge is 2.11. The number of aromatic nitrogens is 2. The summed E-state index contributed by atoms with van der Waals surface area (Å²) < 4.78 is 0. The van der Waals surface area contributed by atoms with Crippen molar-refractivity contribution in [2.75, 3.05) is 0 Å². The van der Waals surface area contributed by atoms with Crippen LogP contribution in [-0.4, -0.2) is 9.97 Å². The number of benzene rings is 2. The molecule has 0 aliphatic carbocycles. The van der Waals surface area contributed by atoms with Crippen LogP contribution in [-0.2, 0) is 0 Å². The van der Waals surface area contributed by atoms with Crippen LogP contribution in [0.2, 0.25) is 0 Å². The van der Waals surface area contributed by atoms with Gasteiger partial charge < -0.3 is 0 Å². The van der Waals surface area contributed by atoms with Gasteiger partial charge in [0.05, 0.1) is 11.0 Å². The lowest BCUT2D eigenvalue weighted by molar-refractivity contribution is 1.24. The summed E-state index contributed by atoms with van der Waals surface area (Å²) in [6.45, 7) is 2.04. The molecule has 2 aromatic heterocycles. The molecule has 0 N–H and O–H groups in total. The maximum atomic E-state index is 4.78. The fourth-order valence-electron chi connectivity index (χ4n) is 2.94. The van der Waals surface area contributed by atoms with E-state index in [1.54, 1.807) is 0 Å². The third kappa shape index (κ3) is 2.49. The summed E-state index contributed by atoms with van der Waals surface area (Å²) >= 11 is 0. The molecule has 23 heavy (non-hydrogen) atoms. The molecule has 0 unspecified atom stereocenters. The van der Waals surface area contributed by atoms with Crippen LogP contribution in [0.5, 0.6) is 0 Å². The molecule has 0 radical (unpaired) electrons. The average molecular weight is 296 g/mol. The van der Waals surface area contributed by atoms with Gasteiger partial charge in [-0.3, -0.25) is 9.97 Å². The predicted octanol–water partition coefficient (Wildman–Crippen LogP) is 5.27. The molecule has 2 nitrogen and oxygen atoms in total. The molecule has 0 fully saturated rings. The van der Waals surface area contributed by atoms with Crippen molar-refractivity contribution in [3.8, 4) is 22.3 Å². The molecule has 110 valence electrons. The van der Waals surface area contributed by atoms with Gasteiger partial charge in [0.1, 0.15) is 0 Å². The number of hydrogen-bond acceptors (Lipinski definition) is 2. The lowest BCUT2D eigenvalue weighted by Gasteiger charge is -2.11. The third-order valence-corrected chi connectivity index (χ3v) is 3.99. The van der Waals surface area contributed by atoms with E-state index in [1.165, 1.54) is 5.56 Å². The second-order valence-electron chi connectivity index (χ2n) is 5.60. The quantitative estimate of drug-likeness (QED) is 0.503. The molecule has 0 bridgehead atoms. The van der Waals surface area contributed by atoms with Gasteiger partial charge in [0.15, 0.2) is 0 Å². The minimum atomic E-state index is 0.947. The first kappa shape index (κ1) is 13.6. The zero-order chi connectivity index (χ0) is 15.6. The minimum absolute atomic E-state index is 0.947. The van der Waals surface area contributed by atoms with Crippen molar-refractivity contribution in [3.63, 3.8) is 0 Å². The topological polar surface area (TPSA) is 25.8 Å². The van der Waals surface area contributed by atoms with E-state index < -0.39 is 0 Å². The van der Waals surface area contributed by atoms with E-state index >= 15 is 0 Å². The Bertz CT molecular complexity index is 961. The van der Waals surface area contributed by atoms with E-state index in [9.17, 15) is 0 Å². The summed E-state index contributed by atoms with van der Waals surface area (Å²) in [6, 6.07) is 24.9. The van der Waals surface area contributed by atoms with Gasteiger partial charge >= 0.3 is 0 Å². The molecule has 4 aromatic rings. The number of fused-ring (bicyclic) bond motifs is 1. The number of aryl methyl sites for hydroxylation is 1. The molecule has 0 saturated heterocycles. The van der Waals surface area contributed by atoms with Gasteiger partial charge in [-0.2, -0.15) is 0 Å². The standard InChI is InChI=1S/C21H16N2/c1-15-14-19(17-10-6-3-7-11-17)20-21(23-15)18(12-13-22-20)16-8-4-2-5-9-16/h2-14H,1H3. The Morgan fingerprint density at radius 3 is 1.91 bits per heavy atom. The average Bonchev–Trinajstić information content (AvgIpc) is 2.62. The Labute approximate surface area is 135 Å². The van der Waals surface area contributed by atoms with Crippen molar-refractivity contribution >= 4 is 11.0 Å². The summed E-state index contributed by atoms with van der Waals surface area (Å²) in [5.74, 6) is 0. The van der Waals surface area contributed by atoms with Gasteiger partial charge in [-0.05, 0) is 30.2 Å². The van der Waals surface area contributed by atoms with Gasteiger partial charge in [-0.15, -0.1) is 0 Å². The fourth-order valence-corrected chi connectivity index (χ4v) is 2.94. The van der Waals surface area contributed by atoms with Crippen LogP contribution in [0.25, 0.3) is 33.3 Å². The molecule has 4 rings (SSSR count). The molecule has 0 aliphatic rings. The van der Waals surface area contributed by atoms with Gasteiger partial charge in [-0.1, -0.05) is 60.7 Å². The lowest BCUT2D eigenvalue weighted by Crippen LogP contribution is -1.93. The monoisotopic (exact) mass is 296 g/mol. The van der Waals surface area contributed by atoms with Crippen LogP contribution in [0.4, 0.5) is 0 Å². The Morgan fingerprint density at radius 1 is 0.652 bits per heavy atom. The highest BCUT2D eigenvalue weighted by atomic mass is 14.8. The largest absolute Gasteiger partial charge is 0.254 e. The summed E-state index contributed by atoms with van der Waals surface area (Å²) in [7, 11) is 0. The van der Waals surface area contributed by atoms with Crippen molar-refractivity contribution in [1.82, 2.24) is 9.97 Å². The minimum Gasteiger partial charge on any atom is -0.254 e. The second-order valence-corrected chi connectivity index (χ2v) is 5.60. The number of rotatable bonds is 2. The lowest BCUT2D eigenvalue weighted by atomic mass is 9.99. The first-order valence-corrected chi connectivity index (χ1v) is 7.70. The third-order valence-electron chi connectivity index (χ3n) is 3.99. The molecular formula is C21H16N2. The highest BCUT2D eigenvalue weighted by molar-refractivity contribution is 5.99. The van der Waals surface area contributed by atoms with Crippen LogP contribution in [0.1, 0.15) is 5.69 Å². The molecular weight excluding hydrogens is 280 g/mol. The SMILES string of the molecule is Cc1cc(-c2ccccc2)c2nccc(-c3ccccc3)c2n1. The maximum Gasteiger partial charge on any atom is 0.0974 e. The zero-order valence-corrected chi connectivity index (χ0v) is 12.9. The van der Waals surface area contributed by atoms with E-state index in [0.717, 1.165) is 33.4 Å². The molecule has 0 amide bonds. The zero-order valence-electron chi connectivity index (χ0n) is 12.9. The van der Waals surface area contributed by atoms with Crippen molar-refractivity contribution in [2.45, 2.75) is 6.92 Å². The maximum absolute atomic E-state index is 4.78. The molecule has 2 aromatic carbocycles. The Kier molecular flexibility index (Phi) is 3.35. The molecule has 0 saturated carbocycles.